The highest BCUT2D eigenvalue weighted by Crippen LogP contribution is 1.96. The third-order valence-electron chi connectivity index (χ3n) is 1.75. The van der Waals surface area contributed by atoms with Crippen LogP contribution in [0.3, 0.4) is 0 Å². The van der Waals surface area contributed by atoms with E-state index in [1.165, 1.54) is 19.3 Å². The van der Waals surface area contributed by atoms with Gasteiger partial charge < -0.3 is 4.90 Å². The maximum absolute atomic E-state index is 8.31. The van der Waals surface area contributed by atoms with E-state index in [1.807, 2.05) is 0 Å². The molecule has 0 atom stereocenters. The number of hydrogen-bond acceptors (Lipinski definition) is 2. The molecule has 0 N–H and O–H groups in total. The summed E-state index contributed by atoms with van der Waals surface area (Å²) < 4.78 is 0. The topological polar surface area (TPSA) is 27.0 Å². The van der Waals surface area contributed by atoms with E-state index in [9.17, 15) is 0 Å². The minimum Gasteiger partial charge on any atom is -0.305 e. The standard InChI is InChI=1S/C9H18N2/c1-3-4-5-8-11(2)9-6-7-10/h3-6,8-9H2,1-2H3. The summed E-state index contributed by atoms with van der Waals surface area (Å²) >= 11 is 0. The minimum atomic E-state index is 0.655. The van der Waals surface area contributed by atoms with E-state index in [-0.39, 0.29) is 0 Å². The van der Waals surface area contributed by atoms with Crippen molar-refractivity contribution in [3.63, 3.8) is 0 Å². The number of nitrogens with zero attached hydrogens (tertiary/aromatic N) is 2. The highest BCUT2D eigenvalue weighted by atomic mass is 15.1. The average Bonchev–Trinajstić information content (AvgIpc) is 2.01. The van der Waals surface area contributed by atoms with Gasteiger partial charge in [0.05, 0.1) is 6.07 Å². The fourth-order valence-electron chi connectivity index (χ4n) is 0.984. The van der Waals surface area contributed by atoms with Crippen LogP contribution in [-0.2, 0) is 0 Å². The summed E-state index contributed by atoms with van der Waals surface area (Å²) in [7, 11) is 2.08. The molecule has 0 unspecified atom stereocenters. The maximum atomic E-state index is 8.31. The summed E-state index contributed by atoms with van der Waals surface area (Å²) in [5.41, 5.74) is 0. The maximum Gasteiger partial charge on any atom is 0.0635 e. The monoisotopic (exact) mass is 154 g/mol. The normalized spacial score (nSPS) is 10.0. The molecule has 0 saturated heterocycles. The Labute approximate surface area is 69.8 Å². The Morgan fingerprint density at radius 3 is 2.55 bits per heavy atom. The molecular weight excluding hydrogens is 136 g/mol. The van der Waals surface area contributed by atoms with Crippen molar-refractivity contribution in [1.82, 2.24) is 4.90 Å². The van der Waals surface area contributed by atoms with Crippen LogP contribution in [-0.4, -0.2) is 25.0 Å². The van der Waals surface area contributed by atoms with E-state index in [0.717, 1.165) is 13.1 Å². The molecule has 0 spiro atoms. The second kappa shape index (κ2) is 7.56. The molecular formula is C9H18N2. The third kappa shape index (κ3) is 7.35. The smallest absolute Gasteiger partial charge is 0.0635 e. The van der Waals surface area contributed by atoms with Gasteiger partial charge in [-0.05, 0) is 20.0 Å². The van der Waals surface area contributed by atoms with Crippen molar-refractivity contribution in [3.8, 4) is 6.07 Å². The van der Waals surface area contributed by atoms with Gasteiger partial charge in [0.1, 0.15) is 0 Å². The largest absolute Gasteiger partial charge is 0.305 e. The van der Waals surface area contributed by atoms with Crippen molar-refractivity contribution in [2.24, 2.45) is 0 Å². The van der Waals surface area contributed by atoms with Crippen LogP contribution in [0.5, 0.6) is 0 Å². The van der Waals surface area contributed by atoms with Crippen LogP contribution in [0.15, 0.2) is 0 Å². The molecule has 0 aromatic carbocycles. The molecule has 0 radical (unpaired) electrons. The summed E-state index contributed by atoms with van der Waals surface area (Å²) in [5.74, 6) is 0. The number of hydrogen-bond donors (Lipinski definition) is 0. The van der Waals surface area contributed by atoms with Crippen molar-refractivity contribution in [1.29, 1.82) is 5.26 Å². The molecule has 0 rings (SSSR count). The van der Waals surface area contributed by atoms with Crippen LogP contribution < -0.4 is 0 Å². The van der Waals surface area contributed by atoms with Crippen molar-refractivity contribution in [3.05, 3.63) is 0 Å². The molecule has 11 heavy (non-hydrogen) atoms. The van der Waals surface area contributed by atoms with Crippen molar-refractivity contribution in [2.45, 2.75) is 32.6 Å². The lowest BCUT2D eigenvalue weighted by Gasteiger charge is -2.13. The summed E-state index contributed by atoms with van der Waals surface area (Å²) in [5, 5.41) is 8.31. The molecule has 2 heteroatoms. The second-order valence-electron chi connectivity index (χ2n) is 2.92. The summed E-state index contributed by atoms with van der Waals surface area (Å²) in [6, 6.07) is 2.15. The molecule has 2 nitrogen and oxygen atoms in total. The van der Waals surface area contributed by atoms with Crippen LogP contribution >= 0.6 is 0 Å². The first-order valence-electron chi connectivity index (χ1n) is 4.36. The first-order valence-corrected chi connectivity index (χ1v) is 4.36. The predicted molar refractivity (Wildman–Crippen MR) is 47.3 cm³/mol. The van der Waals surface area contributed by atoms with Crippen molar-refractivity contribution < 1.29 is 0 Å². The second-order valence-corrected chi connectivity index (χ2v) is 2.92. The van der Waals surface area contributed by atoms with Gasteiger partial charge in [0.25, 0.3) is 0 Å². The molecule has 0 amide bonds. The summed E-state index contributed by atoms with van der Waals surface area (Å²) in [6.07, 6.45) is 4.49. The van der Waals surface area contributed by atoms with Crippen molar-refractivity contribution >= 4 is 0 Å². The molecule has 0 heterocycles. The van der Waals surface area contributed by atoms with Gasteiger partial charge in [0, 0.05) is 13.0 Å². The average molecular weight is 154 g/mol. The molecule has 0 aliphatic carbocycles. The fourth-order valence-corrected chi connectivity index (χ4v) is 0.984. The minimum absolute atomic E-state index is 0.655. The van der Waals surface area contributed by atoms with Gasteiger partial charge in [0.15, 0.2) is 0 Å². The van der Waals surface area contributed by atoms with Crippen LogP contribution in [0.1, 0.15) is 32.6 Å². The Hall–Kier alpha value is -0.550. The van der Waals surface area contributed by atoms with E-state index >= 15 is 0 Å². The highest BCUT2D eigenvalue weighted by molar-refractivity contribution is 4.70. The summed E-state index contributed by atoms with van der Waals surface area (Å²) in [6.45, 7) is 4.25. The van der Waals surface area contributed by atoms with Gasteiger partial charge in [-0.2, -0.15) is 5.26 Å². The van der Waals surface area contributed by atoms with E-state index < -0.39 is 0 Å². The quantitative estimate of drug-likeness (QED) is 0.547. The lowest BCUT2D eigenvalue weighted by Crippen LogP contribution is -2.20. The number of rotatable bonds is 6. The van der Waals surface area contributed by atoms with Crippen molar-refractivity contribution in [2.75, 3.05) is 20.1 Å². The molecule has 0 bridgehead atoms. The van der Waals surface area contributed by atoms with Crippen LogP contribution in [0.2, 0.25) is 0 Å². The number of unbranched alkanes of at least 4 members (excludes halogenated alkanes) is 2. The van der Waals surface area contributed by atoms with Gasteiger partial charge in [-0.3, -0.25) is 0 Å². The predicted octanol–water partition coefficient (Wildman–Crippen LogP) is 2.02. The Kier molecular flexibility index (Phi) is 7.18. The van der Waals surface area contributed by atoms with Gasteiger partial charge in [-0.15, -0.1) is 0 Å². The zero-order chi connectivity index (χ0) is 8.53. The van der Waals surface area contributed by atoms with E-state index in [1.54, 1.807) is 0 Å². The van der Waals surface area contributed by atoms with E-state index in [0.29, 0.717) is 6.42 Å². The number of nitriles is 1. The van der Waals surface area contributed by atoms with Crippen LogP contribution in [0.4, 0.5) is 0 Å². The Morgan fingerprint density at radius 1 is 1.27 bits per heavy atom. The lowest BCUT2D eigenvalue weighted by molar-refractivity contribution is 0.333. The van der Waals surface area contributed by atoms with E-state index in [4.69, 9.17) is 5.26 Å². The van der Waals surface area contributed by atoms with Crippen LogP contribution in [0.25, 0.3) is 0 Å². The molecule has 0 fully saturated rings. The van der Waals surface area contributed by atoms with Gasteiger partial charge in [0.2, 0.25) is 0 Å². The molecule has 0 aromatic rings. The van der Waals surface area contributed by atoms with E-state index in [2.05, 4.69) is 24.9 Å². The molecule has 64 valence electrons. The Bertz CT molecular complexity index is 115. The highest BCUT2D eigenvalue weighted by Gasteiger charge is 1.95. The third-order valence-corrected chi connectivity index (χ3v) is 1.75. The molecule has 0 aromatic heterocycles. The SMILES string of the molecule is CCCCCN(C)CCC#N. The van der Waals surface area contributed by atoms with Gasteiger partial charge in [-0.1, -0.05) is 19.8 Å². The Balaban J connectivity index is 3.10. The fraction of sp³-hybridized carbons (Fsp3) is 0.889. The first kappa shape index (κ1) is 10.4. The molecule has 0 aliphatic rings. The van der Waals surface area contributed by atoms with Gasteiger partial charge in [-0.25, -0.2) is 0 Å². The first-order chi connectivity index (χ1) is 5.31. The van der Waals surface area contributed by atoms with Crippen LogP contribution in [0, 0.1) is 11.3 Å². The zero-order valence-corrected chi connectivity index (χ0v) is 7.64. The molecule has 0 saturated carbocycles. The van der Waals surface area contributed by atoms with Gasteiger partial charge >= 0.3 is 0 Å². The molecule has 0 aliphatic heterocycles. The Morgan fingerprint density at radius 2 is 2.00 bits per heavy atom. The lowest BCUT2D eigenvalue weighted by atomic mass is 10.2. The zero-order valence-electron chi connectivity index (χ0n) is 7.64. The summed E-state index contributed by atoms with van der Waals surface area (Å²) in [4.78, 5) is 2.22.